The zero-order chi connectivity index (χ0) is 15.2. The number of nitrogens with one attached hydrogen (secondary N) is 1. The minimum Gasteiger partial charge on any atom is -0.394 e. The van der Waals surface area contributed by atoms with Crippen LogP contribution in [0.4, 0.5) is 0 Å². The average Bonchev–Trinajstić information content (AvgIpc) is 2.36. The van der Waals surface area contributed by atoms with E-state index in [-0.39, 0.29) is 12.1 Å². The van der Waals surface area contributed by atoms with Crippen LogP contribution >= 0.6 is 11.8 Å². The summed E-state index contributed by atoms with van der Waals surface area (Å²) in [6.45, 7) is 11.0. The first-order valence-electron chi connectivity index (χ1n) is 7.41. The topological polar surface area (TPSA) is 32.3 Å². The van der Waals surface area contributed by atoms with Gasteiger partial charge in [0.2, 0.25) is 0 Å². The van der Waals surface area contributed by atoms with Crippen LogP contribution in [0.2, 0.25) is 0 Å². The summed E-state index contributed by atoms with van der Waals surface area (Å²) < 4.78 is 0. The summed E-state index contributed by atoms with van der Waals surface area (Å²) in [5.41, 5.74) is 2.58. The molecule has 2 nitrogen and oxygen atoms in total. The zero-order valence-electron chi connectivity index (χ0n) is 13.4. The van der Waals surface area contributed by atoms with Gasteiger partial charge in [0.05, 0.1) is 6.61 Å². The third kappa shape index (κ3) is 5.86. The van der Waals surface area contributed by atoms with Gasteiger partial charge in [-0.1, -0.05) is 45.0 Å². The fourth-order valence-corrected chi connectivity index (χ4v) is 3.84. The fourth-order valence-electron chi connectivity index (χ4n) is 2.56. The largest absolute Gasteiger partial charge is 0.394 e. The number of aliphatic hydroxyl groups is 1. The van der Waals surface area contributed by atoms with Crippen molar-refractivity contribution in [2.24, 2.45) is 0 Å². The summed E-state index contributed by atoms with van der Waals surface area (Å²) in [6, 6.07) is 8.94. The highest BCUT2D eigenvalue weighted by Crippen LogP contribution is 2.26. The predicted octanol–water partition coefficient (Wildman–Crippen LogP) is 3.76. The lowest BCUT2D eigenvalue weighted by Crippen LogP contribution is -2.50. The Balaban J connectivity index is 2.50. The second-order valence-electron chi connectivity index (χ2n) is 6.27. The molecule has 2 unspecified atom stereocenters. The average molecular weight is 295 g/mol. The minimum absolute atomic E-state index is 0.181. The molecule has 0 saturated carbocycles. The summed E-state index contributed by atoms with van der Waals surface area (Å²) in [5.74, 6) is 1.04. The Morgan fingerprint density at radius 1 is 1.25 bits per heavy atom. The van der Waals surface area contributed by atoms with Gasteiger partial charge in [-0.25, -0.2) is 0 Å². The molecular formula is C17H29NOS. The molecule has 0 spiro atoms. The summed E-state index contributed by atoms with van der Waals surface area (Å²) in [6.07, 6.45) is 0.970. The van der Waals surface area contributed by atoms with Gasteiger partial charge in [-0.2, -0.15) is 11.8 Å². The van der Waals surface area contributed by atoms with Gasteiger partial charge in [-0.3, -0.25) is 0 Å². The van der Waals surface area contributed by atoms with E-state index in [2.05, 4.69) is 64.2 Å². The van der Waals surface area contributed by atoms with Gasteiger partial charge in [-0.05, 0) is 31.4 Å². The van der Waals surface area contributed by atoms with E-state index in [9.17, 15) is 5.11 Å². The van der Waals surface area contributed by atoms with E-state index < -0.39 is 0 Å². The van der Waals surface area contributed by atoms with Crippen LogP contribution in [0.15, 0.2) is 24.3 Å². The van der Waals surface area contributed by atoms with E-state index in [0.29, 0.717) is 11.3 Å². The molecule has 0 heterocycles. The first-order valence-corrected chi connectivity index (χ1v) is 8.46. The standard InChI is InChI=1S/C17H29NOS/c1-13(2)18-17(5,12-19)10-15(4)20-11-16-9-7-6-8-14(16)3/h6-9,13,15,18-19H,10-12H2,1-5H3. The maximum atomic E-state index is 9.64. The molecule has 0 bridgehead atoms. The molecule has 20 heavy (non-hydrogen) atoms. The highest BCUT2D eigenvalue weighted by Gasteiger charge is 2.26. The van der Waals surface area contributed by atoms with Gasteiger partial charge in [0.15, 0.2) is 0 Å². The van der Waals surface area contributed by atoms with Gasteiger partial charge in [0.1, 0.15) is 0 Å². The van der Waals surface area contributed by atoms with Crippen molar-refractivity contribution in [1.82, 2.24) is 5.32 Å². The monoisotopic (exact) mass is 295 g/mol. The quantitative estimate of drug-likeness (QED) is 0.766. The number of thioether (sulfide) groups is 1. The number of benzene rings is 1. The summed E-state index contributed by atoms with van der Waals surface area (Å²) in [5, 5.41) is 13.6. The molecule has 114 valence electrons. The number of aliphatic hydroxyl groups excluding tert-OH is 1. The van der Waals surface area contributed by atoms with Gasteiger partial charge < -0.3 is 10.4 Å². The van der Waals surface area contributed by atoms with Crippen LogP contribution in [0.5, 0.6) is 0 Å². The fraction of sp³-hybridized carbons (Fsp3) is 0.647. The van der Waals surface area contributed by atoms with Crippen LogP contribution in [0, 0.1) is 6.92 Å². The second kappa shape index (κ2) is 8.06. The molecule has 0 aliphatic carbocycles. The Bertz CT molecular complexity index is 408. The SMILES string of the molecule is Cc1ccccc1CSC(C)CC(C)(CO)NC(C)C. The third-order valence-electron chi connectivity index (χ3n) is 3.51. The van der Waals surface area contributed by atoms with E-state index in [0.717, 1.165) is 12.2 Å². The lowest BCUT2D eigenvalue weighted by atomic mass is 9.96. The highest BCUT2D eigenvalue weighted by atomic mass is 32.2. The van der Waals surface area contributed by atoms with Gasteiger partial charge in [-0.15, -0.1) is 0 Å². The highest BCUT2D eigenvalue weighted by molar-refractivity contribution is 7.99. The molecule has 2 N–H and O–H groups in total. The van der Waals surface area contributed by atoms with Gasteiger partial charge in [0, 0.05) is 22.6 Å². The van der Waals surface area contributed by atoms with Crippen molar-refractivity contribution >= 4 is 11.8 Å². The van der Waals surface area contributed by atoms with E-state index in [1.54, 1.807) is 0 Å². The van der Waals surface area contributed by atoms with Crippen molar-refractivity contribution in [1.29, 1.82) is 0 Å². The van der Waals surface area contributed by atoms with Crippen LogP contribution in [-0.4, -0.2) is 28.5 Å². The normalized spacial score (nSPS) is 16.1. The molecule has 0 aliphatic heterocycles. The predicted molar refractivity (Wildman–Crippen MR) is 90.3 cm³/mol. The van der Waals surface area contributed by atoms with Gasteiger partial charge in [0.25, 0.3) is 0 Å². The number of hydrogen-bond donors (Lipinski definition) is 2. The van der Waals surface area contributed by atoms with Crippen molar-refractivity contribution in [2.45, 2.75) is 63.6 Å². The minimum atomic E-state index is -0.188. The maximum absolute atomic E-state index is 9.64. The van der Waals surface area contributed by atoms with Crippen molar-refractivity contribution in [3.05, 3.63) is 35.4 Å². The van der Waals surface area contributed by atoms with Crippen LogP contribution in [0.1, 0.15) is 45.2 Å². The van der Waals surface area contributed by atoms with Crippen LogP contribution in [0.3, 0.4) is 0 Å². The van der Waals surface area contributed by atoms with E-state index in [4.69, 9.17) is 0 Å². The first kappa shape index (κ1) is 17.5. The molecule has 1 aromatic rings. The van der Waals surface area contributed by atoms with Crippen LogP contribution < -0.4 is 5.32 Å². The Hall–Kier alpha value is -0.510. The molecule has 0 radical (unpaired) electrons. The van der Waals surface area contributed by atoms with E-state index in [1.807, 2.05) is 11.8 Å². The lowest BCUT2D eigenvalue weighted by Gasteiger charge is -2.33. The molecule has 1 rings (SSSR count). The molecule has 0 aliphatic rings. The van der Waals surface area contributed by atoms with Crippen molar-refractivity contribution in [2.75, 3.05) is 6.61 Å². The van der Waals surface area contributed by atoms with Crippen molar-refractivity contribution < 1.29 is 5.11 Å². The smallest absolute Gasteiger partial charge is 0.0611 e. The first-order chi connectivity index (χ1) is 9.36. The lowest BCUT2D eigenvalue weighted by molar-refractivity contribution is 0.157. The van der Waals surface area contributed by atoms with Crippen molar-refractivity contribution in [3.8, 4) is 0 Å². The van der Waals surface area contributed by atoms with E-state index >= 15 is 0 Å². The molecule has 0 aromatic heterocycles. The third-order valence-corrected chi connectivity index (χ3v) is 4.72. The van der Waals surface area contributed by atoms with Gasteiger partial charge >= 0.3 is 0 Å². The molecule has 0 saturated heterocycles. The molecule has 2 atom stereocenters. The summed E-state index contributed by atoms with van der Waals surface area (Å²) in [7, 11) is 0. The maximum Gasteiger partial charge on any atom is 0.0611 e. The molecule has 0 amide bonds. The Labute approximate surface area is 128 Å². The van der Waals surface area contributed by atoms with Crippen LogP contribution in [0.25, 0.3) is 0 Å². The zero-order valence-corrected chi connectivity index (χ0v) is 14.3. The number of hydrogen-bond acceptors (Lipinski definition) is 3. The Kier molecular flexibility index (Phi) is 7.07. The molecule has 3 heteroatoms. The van der Waals surface area contributed by atoms with E-state index in [1.165, 1.54) is 11.1 Å². The summed E-state index contributed by atoms with van der Waals surface area (Å²) in [4.78, 5) is 0. The Morgan fingerprint density at radius 2 is 1.90 bits per heavy atom. The van der Waals surface area contributed by atoms with Crippen LogP contribution in [-0.2, 0) is 5.75 Å². The Morgan fingerprint density at radius 3 is 2.45 bits per heavy atom. The molecular weight excluding hydrogens is 266 g/mol. The molecule has 1 aromatic carbocycles. The molecule has 0 fully saturated rings. The number of rotatable bonds is 8. The number of aryl methyl sites for hydroxylation is 1. The summed E-state index contributed by atoms with van der Waals surface area (Å²) >= 11 is 1.96. The second-order valence-corrected chi connectivity index (χ2v) is 7.70. The van der Waals surface area contributed by atoms with Crippen molar-refractivity contribution in [3.63, 3.8) is 0 Å².